The van der Waals surface area contributed by atoms with E-state index in [2.05, 4.69) is 11.4 Å². The molecule has 170 valence electrons. The number of ether oxygens (including phenoxy) is 1. The fourth-order valence-corrected chi connectivity index (χ4v) is 5.83. The summed E-state index contributed by atoms with van der Waals surface area (Å²) in [6, 6.07) is 13.6. The summed E-state index contributed by atoms with van der Waals surface area (Å²) >= 11 is 0. The maximum atomic E-state index is 12.6. The van der Waals surface area contributed by atoms with E-state index in [1.807, 2.05) is 18.2 Å². The van der Waals surface area contributed by atoms with Gasteiger partial charge in [-0.3, -0.25) is 4.79 Å². The highest BCUT2D eigenvalue weighted by Crippen LogP contribution is 2.29. The number of nitrogens with one attached hydrogen (secondary N) is 1. The molecule has 1 aliphatic carbocycles. The molecule has 1 N–H and O–H groups in total. The van der Waals surface area contributed by atoms with Crippen LogP contribution in [0.1, 0.15) is 60.1 Å². The third-order valence-electron chi connectivity index (χ3n) is 6.13. The number of sulfonamides is 1. The van der Waals surface area contributed by atoms with Gasteiger partial charge in [0.1, 0.15) is 0 Å². The summed E-state index contributed by atoms with van der Waals surface area (Å²) in [5, 5.41) is 2.99. The number of benzene rings is 2. The van der Waals surface area contributed by atoms with Gasteiger partial charge in [-0.05, 0) is 74.4 Å². The van der Waals surface area contributed by atoms with Gasteiger partial charge in [-0.15, -0.1) is 0 Å². The lowest BCUT2D eigenvalue weighted by molar-refractivity contribution is -0.130. The zero-order valence-electron chi connectivity index (χ0n) is 18.1. The van der Waals surface area contributed by atoms with Crippen molar-refractivity contribution >= 4 is 21.9 Å². The van der Waals surface area contributed by atoms with Crippen LogP contribution in [0.15, 0.2) is 53.4 Å². The highest BCUT2D eigenvalue weighted by atomic mass is 32.2. The molecular formula is C24H28N2O5S. The van der Waals surface area contributed by atoms with Gasteiger partial charge in [-0.1, -0.05) is 24.3 Å². The third-order valence-corrected chi connectivity index (χ3v) is 8.04. The van der Waals surface area contributed by atoms with Gasteiger partial charge in [0, 0.05) is 13.1 Å². The number of rotatable bonds is 6. The molecule has 0 saturated carbocycles. The Kier molecular flexibility index (Phi) is 6.62. The van der Waals surface area contributed by atoms with E-state index < -0.39 is 22.1 Å². The number of esters is 1. The molecular weight excluding hydrogens is 428 g/mol. The Labute approximate surface area is 188 Å². The van der Waals surface area contributed by atoms with Crippen LogP contribution in [-0.4, -0.2) is 43.8 Å². The smallest absolute Gasteiger partial charge is 0.338 e. The van der Waals surface area contributed by atoms with Crippen molar-refractivity contribution in [2.75, 3.05) is 13.1 Å². The van der Waals surface area contributed by atoms with Crippen molar-refractivity contribution in [3.05, 3.63) is 65.2 Å². The van der Waals surface area contributed by atoms with Gasteiger partial charge in [0.05, 0.1) is 16.5 Å². The molecule has 0 spiro atoms. The van der Waals surface area contributed by atoms with Crippen LogP contribution in [0.2, 0.25) is 0 Å². The molecule has 2 unspecified atom stereocenters. The van der Waals surface area contributed by atoms with Crippen molar-refractivity contribution in [2.24, 2.45) is 0 Å². The maximum Gasteiger partial charge on any atom is 0.338 e. The predicted octanol–water partition coefficient (Wildman–Crippen LogP) is 3.21. The van der Waals surface area contributed by atoms with E-state index in [-0.39, 0.29) is 22.4 Å². The van der Waals surface area contributed by atoms with Gasteiger partial charge in [0.15, 0.2) is 6.10 Å². The van der Waals surface area contributed by atoms with E-state index in [1.165, 1.54) is 41.1 Å². The Hall–Kier alpha value is -2.71. The van der Waals surface area contributed by atoms with Gasteiger partial charge in [0.2, 0.25) is 10.0 Å². The van der Waals surface area contributed by atoms with Gasteiger partial charge >= 0.3 is 5.97 Å². The van der Waals surface area contributed by atoms with Crippen molar-refractivity contribution in [3.63, 3.8) is 0 Å². The number of fused-ring (bicyclic) bond motifs is 1. The number of hydrogen-bond acceptors (Lipinski definition) is 5. The fourth-order valence-electron chi connectivity index (χ4n) is 4.32. The van der Waals surface area contributed by atoms with Crippen molar-refractivity contribution in [2.45, 2.75) is 56.1 Å². The standard InChI is InChI=1S/C24H28N2O5S/c1-17(23(27)25-22-10-6-8-18-7-2-3-9-21(18)22)31-24(28)19-11-13-20(14-12-19)32(29,30)26-15-4-5-16-26/h2-3,7,9,11-14,17,22H,4-6,8,10,15-16H2,1H3,(H,25,27). The largest absolute Gasteiger partial charge is 0.449 e. The normalized spacial score (nSPS) is 19.7. The minimum absolute atomic E-state index is 0.0938. The zero-order valence-corrected chi connectivity index (χ0v) is 18.9. The summed E-state index contributed by atoms with van der Waals surface area (Å²) in [7, 11) is -3.54. The number of carbonyl (C=O) groups excluding carboxylic acids is 2. The van der Waals surface area contributed by atoms with Gasteiger partial charge < -0.3 is 10.1 Å². The van der Waals surface area contributed by atoms with Crippen LogP contribution in [0.25, 0.3) is 0 Å². The summed E-state index contributed by atoms with van der Waals surface area (Å²) < 4.78 is 32.0. The number of carbonyl (C=O) groups is 2. The molecule has 2 aromatic rings. The summed E-state index contributed by atoms with van der Waals surface area (Å²) in [5.41, 5.74) is 2.55. The maximum absolute atomic E-state index is 12.6. The van der Waals surface area contributed by atoms with E-state index in [0.29, 0.717) is 13.1 Å². The predicted molar refractivity (Wildman–Crippen MR) is 120 cm³/mol. The molecule has 32 heavy (non-hydrogen) atoms. The Bertz CT molecular complexity index is 1090. The van der Waals surface area contributed by atoms with Gasteiger partial charge in [0.25, 0.3) is 5.91 Å². The number of nitrogens with zero attached hydrogens (tertiary/aromatic N) is 1. The molecule has 1 amide bonds. The van der Waals surface area contributed by atoms with Crippen LogP contribution in [0.5, 0.6) is 0 Å². The molecule has 2 aliphatic rings. The minimum atomic E-state index is -3.54. The van der Waals surface area contributed by atoms with Crippen molar-refractivity contribution in [1.29, 1.82) is 0 Å². The lowest BCUT2D eigenvalue weighted by Gasteiger charge is -2.27. The zero-order chi connectivity index (χ0) is 22.7. The molecule has 1 aliphatic heterocycles. The van der Waals surface area contributed by atoms with Gasteiger partial charge in [-0.2, -0.15) is 4.31 Å². The minimum Gasteiger partial charge on any atom is -0.449 e. The van der Waals surface area contributed by atoms with E-state index in [4.69, 9.17) is 4.74 Å². The van der Waals surface area contributed by atoms with E-state index >= 15 is 0 Å². The van der Waals surface area contributed by atoms with E-state index in [1.54, 1.807) is 0 Å². The SMILES string of the molecule is CC(OC(=O)c1ccc(S(=O)(=O)N2CCCC2)cc1)C(=O)NC1CCCc2ccccc21. The van der Waals surface area contributed by atoms with Crippen molar-refractivity contribution < 1.29 is 22.7 Å². The first kappa shape index (κ1) is 22.5. The number of hydrogen-bond donors (Lipinski definition) is 1. The number of aryl methyl sites for hydroxylation is 1. The fraction of sp³-hybridized carbons (Fsp3) is 0.417. The van der Waals surface area contributed by atoms with E-state index in [0.717, 1.165) is 37.7 Å². The van der Waals surface area contributed by atoms with E-state index in [9.17, 15) is 18.0 Å². The lowest BCUT2D eigenvalue weighted by atomic mass is 9.87. The van der Waals surface area contributed by atoms with Crippen LogP contribution in [0.4, 0.5) is 0 Å². The van der Waals surface area contributed by atoms with Crippen LogP contribution in [-0.2, 0) is 26.0 Å². The van der Waals surface area contributed by atoms with Crippen LogP contribution in [0.3, 0.4) is 0 Å². The lowest BCUT2D eigenvalue weighted by Crippen LogP contribution is -2.39. The molecule has 7 nitrogen and oxygen atoms in total. The Morgan fingerprint density at radius 1 is 1.03 bits per heavy atom. The molecule has 2 atom stereocenters. The second-order valence-corrected chi connectivity index (χ2v) is 10.3. The van der Waals surface area contributed by atoms with Crippen LogP contribution in [0, 0.1) is 0 Å². The second-order valence-electron chi connectivity index (χ2n) is 8.34. The van der Waals surface area contributed by atoms with Crippen LogP contribution >= 0.6 is 0 Å². The molecule has 0 bridgehead atoms. The average molecular weight is 457 g/mol. The topological polar surface area (TPSA) is 92.8 Å². The van der Waals surface area contributed by atoms with Crippen molar-refractivity contribution in [1.82, 2.24) is 9.62 Å². The van der Waals surface area contributed by atoms with Crippen LogP contribution < -0.4 is 5.32 Å². The summed E-state index contributed by atoms with van der Waals surface area (Å²) in [6.07, 6.45) is 3.58. The average Bonchev–Trinajstić information content (AvgIpc) is 3.35. The molecule has 0 radical (unpaired) electrons. The summed E-state index contributed by atoms with van der Waals surface area (Å²) in [4.78, 5) is 25.3. The molecule has 0 aromatic heterocycles. The molecule has 1 heterocycles. The molecule has 4 rings (SSSR count). The first-order valence-electron chi connectivity index (χ1n) is 11.1. The first-order valence-corrected chi connectivity index (χ1v) is 12.5. The summed E-state index contributed by atoms with van der Waals surface area (Å²) in [5.74, 6) is -1.02. The second kappa shape index (κ2) is 9.42. The molecule has 1 fully saturated rings. The molecule has 8 heteroatoms. The Morgan fingerprint density at radius 2 is 1.72 bits per heavy atom. The van der Waals surface area contributed by atoms with Gasteiger partial charge in [-0.25, -0.2) is 13.2 Å². The number of amides is 1. The molecule has 2 aromatic carbocycles. The highest BCUT2D eigenvalue weighted by Gasteiger charge is 2.28. The Morgan fingerprint density at radius 3 is 2.44 bits per heavy atom. The third kappa shape index (κ3) is 4.71. The first-order chi connectivity index (χ1) is 15.4. The highest BCUT2D eigenvalue weighted by molar-refractivity contribution is 7.89. The monoisotopic (exact) mass is 456 g/mol. The Balaban J connectivity index is 1.37. The summed E-state index contributed by atoms with van der Waals surface area (Å²) in [6.45, 7) is 2.57. The quantitative estimate of drug-likeness (QED) is 0.674. The van der Waals surface area contributed by atoms with Crippen molar-refractivity contribution in [3.8, 4) is 0 Å². The molecule has 1 saturated heterocycles.